The maximum atomic E-state index is 12.6. The quantitative estimate of drug-likeness (QED) is 0.826. The number of aryl methyl sites for hydroxylation is 1. The van der Waals surface area contributed by atoms with Crippen molar-refractivity contribution in [3.8, 4) is 0 Å². The fraction of sp³-hybridized carbons (Fsp3) is 0.421. The molecule has 0 N–H and O–H groups in total. The normalized spacial score (nSPS) is 24.7. The van der Waals surface area contributed by atoms with Crippen LogP contribution in [-0.2, 0) is 11.2 Å². The van der Waals surface area contributed by atoms with Crippen LogP contribution in [0.4, 0.5) is 4.79 Å². The molecule has 4 rings (SSSR count). The van der Waals surface area contributed by atoms with Crippen LogP contribution in [-0.4, -0.2) is 70.3 Å². The van der Waals surface area contributed by atoms with Crippen molar-refractivity contribution in [1.29, 1.82) is 0 Å². The third-order valence-electron chi connectivity index (χ3n) is 5.31. The third-order valence-corrected chi connectivity index (χ3v) is 5.31. The van der Waals surface area contributed by atoms with Crippen molar-refractivity contribution in [2.75, 3.05) is 20.6 Å². The van der Waals surface area contributed by atoms with E-state index in [2.05, 4.69) is 29.2 Å². The first-order valence-electron chi connectivity index (χ1n) is 8.89. The number of rotatable bonds is 4. The highest BCUT2D eigenvalue weighted by Crippen LogP contribution is 2.33. The van der Waals surface area contributed by atoms with Crippen LogP contribution in [0, 0.1) is 0 Å². The van der Waals surface area contributed by atoms with Gasteiger partial charge in [0.2, 0.25) is 5.96 Å². The Hall–Kier alpha value is -2.83. The summed E-state index contributed by atoms with van der Waals surface area (Å²) in [6.07, 6.45) is 3.49. The molecule has 1 fully saturated rings. The Morgan fingerprint density at radius 3 is 2.58 bits per heavy atom. The highest BCUT2D eigenvalue weighted by Gasteiger charge is 2.53. The Bertz CT molecular complexity index is 803. The highest BCUT2D eigenvalue weighted by molar-refractivity contribution is 6.04. The van der Waals surface area contributed by atoms with Gasteiger partial charge in [-0.15, -0.1) is 0 Å². The summed E-state index contributed by atoms with van der Waals surface area (Å²) in [5, 5.41) is 0. The van der Waals surface area contributed by atoms with Crippen molar-refractivity contribution in [3.63, 3.8) is 0 Å². The van der Waals surface area contributed by atoms with Crippen molar-refractivity contribution in [1.82, 2.24) is 19.6 Å². The molecule has 0 aliphatic carbocycles. The molecule has 1 aromatic rings. The van der Waals surface area contributed by atoms with Crippen LogP contribution in [0.5, 0.6) is 0 Å². The summed E-state index contributed by atoms with van der Waals surface area (Å²) in [6, 6.07) is 9.63. The lowest BCUT2D eigenvalue weighted by atomic mass is 10.1. The number of fused-ring (bicyclic) bond motifs is 3. The first-order chi connectivity index (χ1) is 12.5. The van der Waals surface area contributed by atoms with Crippen molar-refractivity contribution in [3.05, 3.63) is 47.8 Å². The second-order valence-electron chi connectivity index (χ2n) is 7.00. The summed E-state index contributed by atoms with van der Waals surface area (Å²) in [4.78, 5) is 36.3. The predicted octanol–water partition coefficient (Wildman–Crippen LogP) is 1.69. The van der Waals surface area contributed by atoms with Gasteiger partial charge in [0, 0.05) is 32.5 Å². The molecule has 7 nitrogen and oxygen atoms in total. The number of benzene rings is 1. The number of aliphatic imine (C=N–C) groups is 1. The first-order valence-corrected chi connectivity index (χ1v) is 8.89. The Kier molecular flexibility index (Phi) is 3.94. The summed E-state index contributed by atoms with van der Waals surface area (Å²) < 4.78 is 0. The first kappa shape index (κ1) is 16.6. The van der Waals surface area contributed by atoms with Gasteiger partial charge in [0.05, 0.1) is 0 Å². The van der Waals surface area contributed by atoms with E-state index in [1.54, 1.807) is 11.9 Å². The predicted molar refractivity (Wildman–Crippen MR) is 98.0 cm³/mol. The Balaban J connectivity index is 1.50. The van der Waals surface area contributed by atoms with Crippen LogP contribution in [0.2, 0.25) is 0 Å². The number of allylic oxidation sites excluding steroid dienone is 1. The zero-order valence-electron chi connectivity index (χ0n) is 15.3. The van der Waals surface area contributed by atoms with Crippen molar-refractivity contribution in [2.45, 2.75) is 32.0 Å². The summed E-state index contributed by atoms with van der Waals surface area (Å²) in [7, 11) is 3.23. The maximum absolute atomic E-state index is 12.6. The third kappa shape index (κ3) is 2.46. The van der Waals surface area contributed by atoms with Crippen molar-refractivity contribution in [2.24, 2.45) is 4.99 Å². The molecule has 0 saturated carbocycles. The average Bonchev–Trinajstić information content (AvgIpc) is 3.15. The molecule has 0 aromatic heterocycles. The van der Waals surface area contributed by atoms with E-state index in [-0.39, 0.29) is 11.9 Å². The Morgan fingerprint density at radius 2 is 1.85 bits per heavy atom. The van der Waals surface area contributed by atoms with Gasteiger partial charge in [0.25, 0.3) is 5.91 Å². The lowest BCUT2D eigenvalue weighted by Gasteiger charge is -2.38. The minimum atomic E-state index is -0.466. The van der Waals surface area contributed by atoms with Gasteiger partial charge in [-0.2, -0.15) is 0 Å². The van der Waals surface area contributed by atoms with E-state index in [1.807, 2.05) is 24.1 Å². The smallest absolute Gasteiger partial charge is 0.315 e. The van der Waals surface area contributed by atoms with Crippen molar-refractivity contribution < 1.29 is 9.59 Å². The number of carbonyl (C=O) groups excluding carboxylic acids is 2. The van der Waals surface area contributed by atoms with E-state index >= 15 is 0 Å². The molecule has 1 saturated heterocycles. The second-order valence-corrected chi connectivity index (χ2v) is 7.00. The molecule has 3 aliphatic rings. The fourth-order valence-corrected chi connectivity index (χ4v) is 3.85. The maximum Gasteiger partial charge on any atom is 0.328 e. The molecule has 3 amide bonds. The van der Waals surface area contributed by atoms with Gasteiger partial charge >= 0.3 is 6.03 Å². The van der Waals surface area contributed by atoms with E-state index in [0.29, 0.717) is 0 Å². The monoisotopic (exact) mass is 353 g/mol. The molecular formula is C19H23N5O2. The standard InChI is InChI=1S/C19H23N5O2/c1-13-12-24-15-16(21(2)19(26)22(3)17(15)25)20-18(24)23(13)11-7-10-14-8-5-4-6-9-14/h4-6,8-9,12,15-16H,7,10-11H2,1-3H3. The molecule has 26 heavy (non-hydrogen) atoms. The number of nitrogens with zero attached hydrogens (tertiary/aromatic N) is 5. The number of likely N-dealkylation sites (N-methyl/N-ethyl adjacent to an activating group) is 2. The highest BCUT2D eigenvalue weighted by atomic mass is 16.2. The summed E-state index contributed by atoms with van der Waals surface area (Å²) >= 11 is 0. The molecule has 1 aromatic carbocycles. The number of hydrogen-bond acceptors (Lipinski definition) is 5. The van der Waals surface area contributed by atoms with Gasteiger partial charge in [-0.3, -0.25) is 9.69 Å². The number of urea groups is 1. The summed E-state index contributed by atoms with van der Waals surface area (Å²) in [5.41, 5.74) is 2.39. The number of hydrogen-bond donors (Lipinski definition) is 0. The molecule has 2 unspecified atom stereocenters. The molecule has 7 heteroatoms. The zero-order chi connectivity index (χ0) is 18.4. The van der Waals surface area contributed by atoms with Crippen LogP contribution in [0.1, 0.15) is 18.9 Å². The topological polar surface area (TPSA) is 59.5 Å². The summed E-state index contributed by atoms with van der Waals surface area (Å²) in [5.74, 6) is 0.570. The zero-order valence-corrected chi connectivity index (χ0v) is 15.3. The molecule has 0 bridgehead atoms. The van der Waals surface area contributed by atoms with Gasteiger partial charge < -0.3 is 14.7 Å². The fourth-order valence-electron chi connectivity index (χ4n) is 3.85. The largest absolute Gasteiger partial charge is 0.328 e. The van der Waals surface area contributed by atoms with Crippen molar-refractivity contribution >= 4 is 17.9 Å². The van der Waals surface area contributed by atoms with E-state index in [4.69, 9.17) is 4.99 Å². The number of guanidine groups is 1. The van der Waals surface area contributed by atoms with Crippen LogP contribution in [0.15, 0.2) is 47.2 Å². The number of carbonyl (C=O) groups is 2. The number of imide groups is 1. The van der Waals surface area contributed by atoms with Crippen LogP contribution >= 0.6 is 0 Å². The van der Waals surface area contributed by atoms with E-state index in [9.17, 15) is 9.59 Å². The Morgan fingerprint density at radius 1 is 1.12 bits per heavy atom. The van der Waals surface area contributed by atoms with Crippen LogP contribution in [0.3, 0.4) is 0 Å². The second kappa shape index (κ2) is 6.16. The lowest BCUT2D eigenvalue weighted by Crippen LogP contribution is -2.63. The summed E-state index contributed by atoms with van der Waals surface area (Å²) in [6.45, 7) is 2.86. The van der Waals surface area contributed by atoms with Gasteiger partial charge in [-0.05, 0) is 25.3 Å². The van der Waals surface area contributed by atoms with Crippen LogP contribution in [0.25, 0.3) is 0 Å². The van der Waals surface area contributed by atoms with E-state index < -0.39 is 12.2 Å². The van der Waals surface area contributed by atoms with Gasteiger partial charge in [-0.25, -0.2) is 9.79 Å². The SMILES string of the molecule is CC1=CN2C(=NC3C2C(=O)N(C)C(=O)N3C)N1CCCc1ccccc1. The minimum absolute atomic E-state index is 0.202. The Labute approximate surface area is 153 Å². The lowest BCUT2D eigenvalue weighted by molar-refractivity contribution is -0.135. The molecule has 3 aliphatic heterocycles. The molecule has 0 radical (unpaired) electrons. The molecule has 3 heterocycles. The van der Waals surface area contributed by atoms with Gasteiger partial charge in [-0.1, -0.05) is 30.3 Å². The van der Waals surface area contributed by atoms with Gasteiger partial charge in [0.15, 0.2) is 12.2 Å². The molecular weight excluding hydrogens is 330 g/mol. The minimum Gasteiger partial charge on any atom is -0.315 e. The van der Waals surface area contributed by atoms with Crippen LogP contribution < -0.4 is 0 Å². The average molecular weight is 353 g/mol. The number of amides is 3. The molecule has 136 valence electrons. The van der Waals surface area contributed by atoms with E-state index in [0.717, 1.165) is 31.0 Å². The molecule has 0 spiro atoms. The van der Waals surface area contributed by atoms with E-state index in [1.165, 1.54) is 17.5 Å². The van der Waals surface area contributed by atoms with Gasteiger partial charge in [0.1, 0.15) is 0 Å². The molecule has 2 atom stereocenters.